The second kappa shape index (κ2) is 9.07. The van der Waals surface area contributed by atoms with Gasteiger partial charge >= 0.3 is 0 Å². The molecule has 0 saturated heterocycles. The molecule has 0 aliphatic rings. The van der Waals surface area contributed by atoms with E-state index in [4.69, 9.17) is 0 Å². The Bertz CT molecular complexity index is 560. The van der Waals surface area contributed by atoms with Gasteiger partial charge < -0.3 is 0 Å². The van der Waals surface area contributed by atoms with Crippen LogP contribution in [0.2, 0.25) is 0 Å². The molecule has 0 spiro atoms. The summed E-state index contributed by atoms with van der Waals surface area (Å²) >= 11 is 1.17. The maximum absolute atomic E-state index is 14.0. The molecule has 0 saturated carbocycles. The van der Waals surface area contributed by atoms with E-state index in [0.717, 1.165) is 17.7 Å². The molecule has 23 heavy (non-hydrogen) atoms. The summed E-state index contributed by atoms with van der Waals surface area (Å²) in [5.41, 5.74) is -0.929. The molecule has 0 heterocycles. The van der Waals surface area contributed by atoms with Crippen LogP contribution in [-0.4, -0.2) is 18.7 Å². The van der Waals surface area contributed by atoms with Gasteiger partial charge in [0.25, 0.3) is 0 Å². The zero-order valence-corrected chi connectivity index (χ0v) is 16.3. The van der Waals surface area contributed by atoms with E-state index in [1.54, 1.807) is 45.0 Å². The summed E-state index contributed by atoms with van der Waals surface area (Å²) < 4.78 is 37.8. The average Bonchev–Trinajstić information content (AvgIpc) is 2.46. The Morgan fingerprint density at radius 2 is 1.61 bits per heavy atom. The number of alkyl halides is 1. The monoisotopic (exact) mass is 360 g/mol. The molecule has 132 valence electrons. The number of rotatable bonds is 9. The Morgan fingerprint density at radius 3 is 2.13 bits per heavy atom. The number of hydrogen-bond donors (Lipinski definition) is 0. The fraction of sp³-hybridized carbons (Fsp3) is 0.667. The number of hydrogen-bond acceptors (Lipinski definition) is 3. The smallest absolute Gasteiger partial charge is 0.183 e. The first-order valence-electron chi connectivity index (χ1n) is 8.34. The van der Waals surface area contributed by atoms with Crippen LogP contribution in [0.4, 0.5) is 4.39 Å². The highest BCUT2D eigenvalue weighted by atomic mass is 32.2. The maximum Gasteiger partial charge on any atom is 0.183 e. The van der Waals surface area contributed by atoms with E-state index in [1.807, 2.05) is 0 Å². The van der Waals surface area contributed by atoms with Gasteiger partial charge in [-0.1, -0.05) is 44.4 Å². The highest BCUT2D eigenvalue weighted by molar-refractivity contribution is 7.99. The summed E-state index contributed by atoms with van der Waals surface area (Å²) in [5.74, 6) is 0. The fourth-order valence-electron chi connectivity index (χ4n) is 2.17. The molecule has 1 unspecified atom stereocenters. The predicted molar refractivity (Wildman–Crippen MR) is 97.5 cm³/mol. The first-order valence-corrected chi connectivity index (χ1v) is 10.7. The van der Waals surface area contributed by atoms with Gasteiger partial charge in [-0.3, -0.25) is 0 Å². The van der Waals surface area contributed by atoms with Crippen molar-refractivity contribution in [2.24, 2.45) is 0 Å². The molecule has 1 aromatic carbocycles. The van der Waals surface area contributed by atoms with Gasteiger partial charge in [0.15, 0.2) is 9.84 Å². The van der Waals surface area contributed by atoms with Crippen molar-refractivity contribution in [3.8, 4) is 0 Å². The van der Waals surface area contributed by atoms with Crippen LogP contribution in [0.25, 0.3) is 0 Å². The van der Waals surface area contributed by atoms with Crippen LogP contribution in [0.1, 0.15) is 66.2 Å². The third-order valence-corrected chi connectivity index (χ3v) is 7.28. The van der Waals surface area contributed by atoms with Crippen LogP contribution in [0.3, 0.4) is 0 Å². The molecule has 0 bridgehead atoms. The number of thioether (sulfide) groups is 1. The van der Waals surface area contributed by atoms with Gasteiger partial charge in [0.1, 0.15) is 5.50 Å². The molecule has 0 aromatic heterocycles. The quantitative estimate of drug-likeness (QED) is 0.399. The third kappa shape index (κ3) is 6.46. The van der Waals surface area contributed by atoms with Crippen molar-refractivity contribution < 1.29 is 12.8 Å². The lowest BCUT2D eigenvalue weighted by Gasteiger charge is -2.19. The summed E-state index contributed by atoms with van der Waals surface area (Å²) in [6, 6.07) is 6.56. The van der Waals surface area contributed by atoms with E-state index in [-0.39, 0.29) is 0 Å². The van der Waals surface area contributed by atoms with E-state index in [0.29, 0.717) is 11.3 Å². The van der Waals surface area contributed by atoms with Gasteiger partial charge in [-0.05, 0) is 57.9 Å². The van der Waals surface area contributed by atoms with Crippen molar-refractivity contribution >= 4 is 21.6 Å². The number of sulfone groups is 1. The van der Waals surface area contributed by atoms with Gasteiger partial charge in [0, 0.05) is 4.90 Å². The summed E-state index contributed by atoms with van der Waals surface area (Å²) in [4.78, 5) is 1.07. The lowest BCUT2D eigenvalue weighted by atomic mass is 10.1. The normalized spacial score (nSPS) is 14.0. The summed E-state index contributed by atoms with van der Waals surface area (Å²) in [6.45, 7) is 7.21. The minimum atomic E-state index is -3.35. The maximum atomic E-state index is 14.0. The Balaban J connectivity index is 2.54. The molecule has 1 aromatic rings. The van der Waals surface area contributed by atoms with E-state index in [9.17, 15) is 12.8 Å². The van der Waals surface area contributed by atoms with Crippen molar-refractivity contribution in [2.75, 3.05) is 0 Å². The Morgan fingerprint density at radius 1 is 1.04 bits per heavy atom. The molecule has 0 radical (unpaired) electrons. The minimum absolute atomic E-state index is 0.296. The SMILES string of the molecule is CCCCCCCC(F)Sc1ccc(S(=O)(=O)C(C)(C)C)cc1. The van der Waals surface area contributed by atoms with Gasteiger partial charge in [0.05, 0.1) is 9.64 Å². The van der Waals surface area contributed by atoms with Gasteiger partial charge in [0.2, 0.25) is 0 Å². The molecular weight excluding hydrogens is 331 g/mol. The second-order valence-electron chi connectivity index (χ2n) is 6.82. The zero-order chi connectivity index (χ0) is 17.5. The van der Waals surface area contributed by atoms with E-state index < -0.39 is 20.1 Å². The Hall–Kier alpha value is -0.550. The van der Waals surface area contributed by atoms with Gasteiger partial charge in [-0.15, -0.1) is 0 Å². The summed E-state index contributed by atoms with van der Waals surface area (Å²) in [6.07, 6.45) is 6.12. The lowest BCUT2D eigenvalue weighted by Crippen LogP contribution is -2.27. The molecule has 1 rings (SSSR count). The molecular formula is C18H29FO2S2. The van der Waals surface area contributed by atoms with Crippen LogP contribution < -0.4 is 0 Å². The zero-order valence-electron chi connectivity index (χ0n) is 14.6. The van der Waals surface area contributed by atoms with Crippen LogP contribution >= 0.6 is 11.8 Å². The molecule has 1 atom stereocenters. The van der Waals surface area contributed by atoms with Gasteiger partial charge in [-0.25, -0.2) is 12.8 Å². The molecule has 0 aliphatic carbocycles. The Labute approximate surface area is 145 Å². The molecule has 0 aliphatic heterocycles. The predicted octanol–water partition coefficient (Wildman–Crippen LogP) is 6.01. The number of unbranched alkanes of at least 4 members (excludes halogenated alkanes) is 4. The van der Waals surface area contributed by atoms with Crippen LogP contribution in [0.15, 0.2) is 34.1 Å². The van der Waals surface area contributed by atoms with Crippen molar-refractivity contribution in [3.63, 3.8) is 0 Å². The van der Waals surface area contributed by atoms with E-state index in [1.165, 1.54) is 31.0 Å². The first kappa shape index (κ1) is 20.5. The first-order chi connectivity index (χ1) is 10.7. The van der Waals surface area contributed by atoms with E-state index in [2.05, 4.69) is 6.92 Å². The summed E-state index contributed by atoms with van der Waals surface area (Å²) in [5, 5.41) is 0. The highest BCUT2D eigenvalue weighted by Gasteiger charge is 2.30. The standard InChI is InChI=1S/C18H29FO2S2/c1-5-6-7-8-9-10-17(19)22-15-11-13-16(14-12-15)23(20,21)18(2,3)4/h11-14,17H,5-10H2,1-4H3. The minimum Gasteiger partial charge on any atom is -0.235 e. The highest BCUT2D eigenvalue weighted by Crippen LogP contribution is 2.31. The molecule has 0 N–H and O–H groups in total. The number of halogens is 1. The van der Waals surface area contributed by atoms with Crippen LogP contribution in [-0.2, 0) is 9.84 Å². The molecule has 5 heteroatoms. The molecule has 0 fully saturated rings. The van der Waals surface area contributed by atoms with Crippen molar-refractivity contribution in [2.45, 2.75) is 86.3 Å². The van der Waals surface area contributed by atoms with Crippen molar-refractivity contribution in [1.29, 1.82) is 0 Å². The van der Waals surface area contributed by atoms with Gasteiger partial charge in [-0.2, -0.15) is 0 Å². The third-order valence-electron chi connectivity index (χ3n) is 3.74. The number of benzene rings is 1. The van der Waals surface area contributed by atoms with E-state index >= 15 is 0 Å². The molecule has 2 nitrogen and oxygen atoms in total. The molecule has 0 amide bonds. The Kier molecular flexibility index (Phi) is 8.08. The fourth-order valence-corrected chi connectivity index (χ4v) is 4.24. The lowest BCUT2D eigenvalue weighted by molar-refractivity contribution is 0.412. The van der Waals surface area contributed by atoms with Crippen LogP contribution in [0, 0.1) is 0 Å². The largest absolute Gasteiger partial charge is 0.235 e. The van der Waals surface area contributed by atoms with Crippen molar-refractivity contribution in [1.82, 2.24) is 0 Å². The van der Waals surface area contributed by atoms with Crippen molar-refractivity contribution in [3.05, 3.63) is 24.3 Å². The second-order valence-corrected chi connectivity index (χ2v) is 10.7. The van der Waals surface area contributed by atoms with Crippen LogP contribution in [0.5, 0.6) is 0 Å². The topological polar surface area (TPSA) is 34.1 Å². The summed E-state index contributed by atoms with van der Waals surface area (Å²) in [7, 11) is -3.35. The average molecular weight is 361 g/mol.